The van der Waals surface area contributed by atoms with Gasteiger partial charge >= 0.3 is 12.2 Å². The van der Waals surface area contributed by atoms with E-state index in [2.05, 4.69) is 10.5 Å². The molecule has 1 fully saturated rings. The van der Waals surface area contributed by atoms with Gasteiger partial charge in [-0.05, 0) is 24.0 Å². The Labute approximate surface area is 180 Å². The molecule has 2 amide bonds. The first-order chi connectivity index (χ1) is 15.0. The third kappa shape index (κ3) is 5.88. The number of oxime groups is 1. The zero-order valence-corrected chi connectivity index (χ0v) is 17.1. The molecule has 1 aliphatic heterocycles. The van der Waals surface area contributed by atoms with E-state index in [0.29, 0.717) is 0 Å². The molecule has 0 bridgehead atoms. The number of benzene rings is 2. The number of rotatable bonds is 6. The number of carbonyl (C=O) groups is 2. The summed E-state index contributed by atoms with van der Waals surface area (Å²) in [5.41, 5.74) is 6.51. The molecule has 31 heavy (non-hydrogen) atoms. The highest BCUT2D eigenvalue weighted by Crippen LogP contribution is 2.24. The van der Waals surface area contributed by atoms with E-state index in [-0.39, 0.29) is 45.0 Å². The molecule has 164 valence electrons. The SMILES string of the molecule is NC(=NO)C1(NC(=O)OCc2ccccc2)CCN(C(=O)OCc2ccccc2)CC1. The first kappa shape index (κ1) is 21.9. The Kier molecular flexibility index (Phi) is 7.31. The Morgan fingerprint density at radius 3 is 2.00 bits per heavy atom. The fourth-order valence-corrected chi connectivity index (χ4v) is 3.38. The zero-order valence-electron chi connectivity index (χ0n) is 17.1. The maximum Gasteiger partial charge on any atom is 0.410 e. The number of alkyl carbamates (subject to hydrolysis) is 1. The molecule has 2 aromatic rings. The molecule has 0 unspecified atom stereocenters. The van der Waals surface area contributed by atoms with E-state index in [1.165, 1.54) is 4.90 Å². The Morgan fingerprint density at radius 1 is 0.968 bits per heavy atom. The second-order valence-electron chi connectivity index (χ2n) is 7.28. The third-order valence-corrected chi connectivity index (χ3v) is 5.23. The van der Waals surface area contributed by atoms with Crippen LogP contribution in [0.25, 0.3) is 0 Å². The molecule has 4 N–H and O–H groups in total. The number of ether oxygens (including phenoxy) is 2. The van der Waals surface area contributed by atoms with Crippen molar-refractivity contribution in [3.05, 3.63) is 71.8 Å². The van der Waals surface area contributed by atoms with Gasteiger partial charge in [0, 0.05) is 13.1 Å². The van der Waals surface area contributed by atoms with Gasteiger partial charge in [-0.2, -0.15) is 0 Å². The average Bonchev–Trinajstić information content (AvgIpc) is 2.82. The van der Waals surface area contributed by atoms with E-state index in [1.54, 1.807) is 0 Å². The monoisotopic (exact) mass is 426 g/mol. The van der Waals surface area contributed by atoms with Crippen molar-refractivity contribution < 1.29 is 24.3 Å². The molecule has 0 spiro atoms. The Hall–Kier alpha value is -3.75. The summed E-state index contributed by atoms with van der Waals surface area (Å²) in [5, 5.41) is 15.0. The minimum Gasteiger partial charge on any atom is -0.445 e. The molecule has 0 atom stereocenters. The summed E-state index contributed by atoms with van der Waals surface area (Å²) < 4.78 is 10.6. The number of nitrogens with one attached hydrogen (secondary N) is 1. The fourth-order valence-electron chi connectivity index (χ4n) is 3.38. The average molecular weight is 426 g/mol. The number of hydrogen-bond acceptors (Lipinski definition) is 6. The Balaban J connectivity index is 1.54. The minimum absolute atomic E-state index is 0.0941. The predicted molar refractivity (Wildman–Crippen MR) is 113 cm³/mol. The van der Waals surface area contributed by atoms with E-state index in [9.17, 15) is 14.8 Å². The highest BCUT2D eigenvalue weighted by Gasteiger charge is 2.42. The van der Waals surface area contributed by atoms with Crippen molar-refractivity contribution >= 4 is 18.0 Å². The maximum atomic E-state index is 12.4. The number of amides is 2. The second kappa shape index (κ2) is 10.3. The lowest BCUT2D eigenvalue weighted by Crippen LogP contribution is -2.63. The number of likely N-dealkylation sites (tertiary alicyclic amines) is 1. The second-order valence-corrected chi connectivity index (χ2v) is 7.28. The van der Waals surface area contributed by atoms with Gasteiger partial charge in [-0.15, -0.1) is 0 Å². The zero-order chi connectivity index (χ0) is 22.1. The van der Waals surface area contributed by atoms with E-state index in [4.69, 9.17) is 15.2 Å². The van der Waals surface area contributed by atoms with Gasteiger partial charge in [-0.1, -0.05) is 65.8 Å². The number of hydrogen-bond donors (Lipinski definition) is 3. The number of amidine groups is 1. The number of nitrogens with two attached hydrogens (primary N) is 1. The van der Waals surface area contributed by atoms with Crippen LogP contribution in [0, 0.1) is 0 Å². The Bertz CT molecular complexity index is 897. The smallest absolute Gasteiger partial charge is 0.410 e. The van der Waals surface area contributed by atoms with Gasteiger partial charge in [0.1, 0.15) is 18.8 Å². The van der Waals surface area contributed by atoms with Crippen molar-refractivity contribution in [2.45, 2.75) is 31.6 Å². The van der Waals surface area contributed by atoms with Gasteiger partial charge in [0.15, 0.2) is 5.84 Å². The van der Waals surface area contributed by atoms with E-state index in [1.807, 2.05) is 60.7 Å². The molecule has 9 heteroatoms. The van der Waals surface area contributed by atoms with Crippen LogP contribution in [-0.4, -0.2) is 46.8 Å². The molecule has 2 aromatic carbocycles. The lowest BCUT2D eigenvalue weighted by atomic mass is 9.86. The molecular formula is C22H26N4O5. The summed E-state index contributed by atoms with van der Waals surface area (Å²) in [5.74, 6) is -0.138. The van der Waals surface area contributed by atoms with Gasteiger partial charge in [0.25, 0.3) is 0 Å². The quantitative estimate of drug-likeness (QED) is 0.282. The number of nitrogens with zero attached hydrogens (tertiary/aromatic N) is 2. The Morgan fingerprint density at radius 2 is 1.48 bits per heavy atom. The van der Waals surface area contributed by atoms with Crippen molar-refractivity contribution in [3.63, 3.8) is 0 Å². The van der Waals surface area contributed by atoms with Gasteiger partial charge < -0.3 is 30.6 Å². The maximum absolute atomic E-state index is 12.4. The van der Waals surface area contributed by atoms with Crippen LogP contribution in [0.15, 0.2) is 65.8 Å². The van der Waals surface area contributed by atoms with Gasteiger partial charge in [0.05, 0.1) is 0 Å². The van der Waals surface area contributed by atoms with Crippen LogP contribution in [0.1, 0.15) is 24.0 Å². The standard InChI is InChI=1S/C22H26N4O5/c23-19(25-29)22(24-20(27)30-15-17-7-3-1-4-8-17)11-13-26(14-12-22)21(28)31-16-18-9-5-2-6-10-18/h1-10,29H,11-16H2,(H2,23,25)(H,24,27). The van der Waals surface area contributed by atoms with Gasteiger partial charge in [-0.3, -0.25) is 0 Å². The third-order valence-electron chi connectivity index (χ3n) is 5.23. The van der Waals surface area contributed by atoms with Gasteiger partial charge in [0.2, 0.25) is 0 Å². The van der Waals surface area contributed by atoms with Gasteiger partial charge in [-0.25, -0.2) is 9.59 Å². The lowest BCUT2D eigenvalue weighted by Gasteiger charge is -2.40. The molecule has 1 saturated heterocycles. The van der Waals surface area contributed by atoms with Crippen molar-refractivity contribution in [1.29, 1.82) is 0 Å². The summed E-state index contributed by atoms with van der Waals surface area (Å²) in [7, 11) is 0. The van der Waals surface area contributed by atoms with Crippen LogP contribution < -0.4 is 11.1 Å². The normalized spacial score (nSPS) is 15.7. The topological polar surface area (TPSA) is 126 Å². The van der Waals surface area contributed by atoms with Crippen LogP contribution in [-0.2, 0) is 22.7 Å². The number of piperidine rings is 1. The molecule has 0 aromatic heterocycles. The van der Waals surface area contributed by atoms with Crippen LogP contribution in [0.5, 0.6) is 0 Å². The summed E-state index contributed by atoms with van der Waals surface area (Å²) in [6.45, 7) is 0.800. The van der Waals surface area contributed by atoms with Crippen LogP contribution in [0.3, 0.4) is 0 Å². The largest absolute Gasteiger partial charge is 0.445 e. The molecule has 1 heterocycles. The fraction of sp³-hybridized carbons (Fsp3) is 0.318. The molecular weight excluding hydrogens is 400 g/mol. The number of carbonyl (C=O) groups excluding carboxylic acids is 2. The van der Waals surface area contributed by atoms with Crippen LogP contribution in [0.4, 0.5) is 9.59 Å². The molecule has 0 saturated carbocycles. The van der Waals surface area contributed by atoms with E-state index >= 15 is 0 Å². The molecule has 9 nitrogen and oxygen atoms in total. The predicted octanol–water partition coefficient (Wildman–Crippen LogP) is 2.83. The van der Waals surface area contributed by atoms with Crippen molar-refractivity contribution in [2.75, 3.05) is 13.1 Å². The molecule has 0 radical (unpaired) electrons. The van der Waals surface area contributed by atoms with Crippen molar-refractivity contribution in [3.8, 4) is 0 Å². The first-order valence-electron chi connectivity index (χ1n) is 9.95. The van der Waals surface area contributed by atoms with Crippen LogP contribution >= 0.6 is 0 Å². The highest BCUT2D eigenvalue weighted by molar-refractivity contribution is 5.93. The van der Waals surface area contributed by atoms with E-state index in [0.717, 1.165) is 11.1 Å². The highest BCUT2D eigenvalue weighted by atomic mass is 16.6. The summed E-state index contributed by atoms with van der Waals surface area (Å²) in [6.07, 6.45) is -0.632. The molecule has 1 aliphatic rings. The summed E-state index contributed by atoms with van der Waals surface area (Å²) in [6, 6.07) is 18.6. The first-order valence-corrected chi connectivity index (χ1v) is 9.95. The van der Waals surface area contributed by atoms with Crippen LogP contribution in [0.2, 0.25) is 0 Å². The molecule has 0 aliphatic carbocycles. The minimum atomic E-state index is -1.11. The summed E-state index contributed by atoms with van der Waals surface area (Å²) in [4.78, 5) is 26.3. The lowest BCUT2D eigenvalue weighted by molar-refractivity contribution is 0.0777. The van der Waals surface area contributed by atoms with E-state index < -0.39 is 17.7 Å². The van der Waals surface area contributed by atoms with Crippen molar-refractivity contribution in [2.24, 2.45) is 10.9 Å². The van der Waals surface area contributed by atoms with Crippen molar-refractivity contribution in [1.82, 2.24) is 10.2 Å². The summed E-state index contributed by atoms with van der Waals surface area (Å²) >= 11 is 0. The molecule has 3 rings (SSSR count).